The van der Waals surface area contributed by atoms with Crippen LogP contribution in [0.2, 0.25) is 0 Å². The summed E-state index contributed by atoms with van der Waals surface area (Å²) in [6, 6.07) is 1.64. The number of piperidine rings is 3. The summed E-state index contributed by atoms with van der Waals surface area (Å²) in [5.41, 5.74) is 0. The number of hydrogen-bond acceptors (Lipinski definition) is 3. The van der Waals surface area contributed by atoms with Gasteiger partial charge in [0.2, 0.25) is 0 Å². The summed E-state index contributed by atoms with van der Waals surface area (Å²) >= 11 is 2.17. The monoisotopic (exact) mass is 254 g/mol. The molecule has 3 heterocycles. The molecule has 1 N–H and O–H groups in total. The Bertz CT molecular complexity index is 251. The zero-order chi connectivity index (χ0) is 11.7. The molecule has 98 valence electrons. The van der Waals surface area contributed by atoms with E-state index >= 15 is 0 Å². The number of nitrogens with one attached hydrogen (secondary N) is 1. The van der Waals surface area contributed by atoms with Gasteiger partial charge in [-0.15, -0.1) is 0 Å². The third-order valence-electron chi connectivity index (χ3n) is 4.89. The molecule has 2 nitrogen and oxygen atoms in total. The maximum Gasteiger partial charge on any atom is 0.0226 e. The van der Waals surface area contributed by atoms with Crippen LogP contribution < -0.4 is 5.32 Å². The second-order valence-electron chi connectivity index (χ2n) is 6.00. The lowest BCUT2D eigenvalue weighted by atomic mass is 9.83. The van der Waals surface area contributed by atoms with Crippen LogP contribution in [0.3, 0.4) is 0 Å². The molecule has 4 aliphatic rings. The van der Waals surface area contributed by atoms with Gasteiger partial charge in [0.05, 0.1) is 0 Å². The van der Waals surface area contributed by atoms with Gasteiger partial charge < -0.3 is 10.2 Å². The fourth-order valence-electron chi connectivity index (χ4n) is 3.94. The SMILES string of the molecule is CCSC1CCC(NC2CN3CCC2CC3)C1. The van der Waals surface area contributed by atoms with Crippen LogP contribution in [0.5, 0.6) is 0 Å². The molecule has 0 aromatic heterocycles. The third kappa shape index (κ3) is 2.82. The van der Waals surface area contributed by atoms with E-state index in [1.54, 1.807) is 0 Å². The van der Waals surface area contributed by atoms with Crippen LogP contribution in [0, 0.1) is 5.92 Å². The highest BCUT2D eigenvalue weighted by Crippen LogP contribution is 2.32. The predicted octanol–water partition coefficient (Wildman–Crippen LogP) is 2.34. The normalized spacial score (nSPS) is 45.4. The van der Waals surface area contributed by atoms with Gasteiger partial charge in [0.25, 0.3) is 0 Å². The van der Waals surface area contributed by atoms with Crippen LogP contribution in [0.15, 0.2) is 0 Å². The number of thioether (sulfide) groups is 1. The average Bonchev–Trinajstić information content (AvgIpc) is 2.79. The Hall–Kier alpha value is 0.270. The Morgan fingerprint density at radius 3 is 2.65 bits per heavy atom. The number of nitrogens with zero attached hydrogens (tertiary/aromatic N) is 1. The first-order valence-corrected chi connectivity index (χ1v) is 8.50. The van der Waals surface area contributed by atoms with E-state index in [0.29, 0.717) is 0 Å². The van der Waals surface area contributed by atoms with Crippen molar-refractivity contribution in [2.45, 2.75) is 56.4 Å². The van der Waals surface area contributed by atoms with Crippen molar-refractivity contribution in [1.82, 2.24) is 10.2 Å². The highest BCUT2D eigenvalue weighted by Gasteiger charge is 2.36. The van der Waals surface area contributed by atoms with Crippen LogP contribution in [0.1, 0.15) is 39.0 Å². The Morgan fingerprint density at radius 1 is 1.18 bits per heavy atom. The Labute approximate surface area is 110 Å². The molecule has 3 atom stereocenters. The lowest BCUT2D eigenvalue weighted by Crippen LogP contribution is -2.57. The fraction of sp³-hybridized carbons (Fsp3) is 1.00. The Kier molecular flexibility index (Phi) is 3.98. The highest BCUT2D eigenvalue weighted by atomic mass is 32.2. The predicted molar refractivity (Wildman–Crippen MR) is 75.6 cm³/mol. The number of fused-ring (bicyclic) bond motifs is 3. The van der Waals surface area contributed by atoms with Crippen LogP contribution in [0.25, 0.3) is 0 Å². The Morgan fingerprint density at radius 2 is 2.00 bits per heavy atom. The van der Waals surface area contributed by atoms with Gasteiger partial charge in [-0.2, -0.15) is 11.8 Å². The maximum atomic E-state index is 3.98. The molecule has 17 heavy (non-hydrogen) atoms. The van der Waals surface area contributed by atoms with Crippen LogP contribution >= 0.6 is 11.8 Å². The summed E-state index contributed by atoms with van der Waals surface area (Å²) in [5.74, 6) is 2.27. The summed E-state index contributed by atoms with van der Waals surface area (Å²) in [4.78, 5) is 2.66. The first-order valence-electron chi connectivity index (χ1n) is 7.45. The lowest BCUT2D eigenvalue weighted by Gasteiger charge is -2.46. The summed E-state index contributed by atoms with van der Waals surface area (Å²) in [6.07, 6.45) is 7.16. The minimum absolute atomic E-state index is 0.813. The third-order valence-corrected chi connectivity index (χ3v) is 6.13. The van der Waals surface area contributed by atoms with Gasteiger partial charge in [-0.05, 0) is 56.9 Å². The highest BCUT2D eigenvalue weighted by molar-refractivity contribution is 7.99. The van der Waals surface area contributed by atoms with Crippen LogP contribution in [0.4, 0.5) is 0 Å². The molecule has 4 rings (SSSR count). The molecular formula is C14H26N2S. The van der Waals surface area contributed by atoms with Gasteiger partial charge in [-0.25, -0.2) is 0 Å². The van der Waals surface area contributed by atoms with E-state index in [1.807, 2.05) is 0 Å². The van der Waals surface area contributed by atoms with Crippen molar-refractivity contribution in [2.75, 3.05) is 25.4 Å². The molecular weight excluding hydrogens is 228 g/mol. The molecule has 0 aromatic rings. The van der Waals surface area contributed by atoms with E-state index in [9.17, 15) is 0 Å². The zero-order valence-corrected chi connectivity index (χ0v) is 11.8. The summed E-state index contributed by atoms with van der Waals surface area (Å²) in [6.45, 7) is 6.34. The van der Waals surface area contributed by atoms with E-state index in [-0.39, 0.29) is 0 Å². The molecule has 1 saturated carbocycles. The summed E-state index contributed by atoms with van der Waals surface area (Å²) < 4.78 is 0. The smallest absolute Gasteiger partial charge is 0.0226 e. The van der Waals surface area contributed by atoms with E-state index in [1.165, 1.54) is 57.5 Å². The summed E-state index contributed by atoms with van der Waals surface area (Å²) in [5, 5.41) is 4.93. The van der Waals surface area contributed by atoms with Crippen molar-refractivity contribution in [3.8, 4) is 0 Å². The summed E-state index contributed by atoms with van der Waals surface area (Å²) in [7, 11) is 0. The van der Waals surface area contributed by atoms with Crippen LogP contribution in [-0.4, -0.2) is 47.6 Å². The minimum atomic E-state index is 0.813. The zero-order valence-electron chi connectivity index (χ0n) is 11.0. The second-order valence-corrected chi connectivity index (χ2v) is 7.58. The molecule has 3 heteroatoms. The standard InChI is InChI=1S/C14H26N2S/c1-2-17-13-4-3-12(9-13)15-14-10-16-7-5-11(14)6-8-16/h11-15H,2-10H2,1H3. The molecule has 1 aliphatic carbocycles. The molecule has 0 aromatic carbocycles. The van der Waals surface area contributed by atoms with Crippen molar-refractivity contribution in [2.24, 2.45) is 5.92 Å². The van der Waals surface area contributed by atoms with Crippen molar-refractivity contribution >= 4 is 11.8 Å². The van der Waals surface area contributed by atoms with Crippen molar-refractivity contribution in [1.29, 1.82) is 0 Å². The Balaban J connectivity index is 1.48. The van der Waals surface area contributed by atoms with Gasteiger partial charge >= 0.3 is 0 Å². The average molecular weight is 254 g/mol. The van der Waals surface area contributed by atoms with Gasteiger partial charge in [0.1, 0.15) is 0 Å². The second kappa shape index (κ2) is 5.50. The van der Waals surface area contributed by atoms with Gasteiger partial charge in [0.15, 0.2) is 0 Å². The first kappa shape index (κ1) is 12.3. The number of hydrogen-bond donors (Lipinski definition) is 1. The van der Waals surface area contributed by atoms with Crippen LogP contribution in [-0.2, 0) is 0 Å². The minimum Gasteiger partial charge on any atom is -0.310 e. The molecule has 0 radical (unpaired) electrons. The maximum absolute atomic E-state index is 3.98. The van der Waals surface area contributed by atoms with Crippen molar-refractivity contribution in [3.05, 3.63) is 0 Å². The fourth-order valence-corrected chi connectivity index (χ4v) is 5.08. The molecule has 4 fully saturated rings. The molecule has 3 unspecified atom stereocenters. The van der Waals surface area contributed by atoms with E-state index < -0.39 is 0 Å². The van der Waals surface area contributed by atoms with E-state index in [4.69, 9.17) is 0 Å². The van der Waals surface area contributed by atoms with E-state index in [2.05, 4.69) is 28.9 Å². The molecule has 2 bridgehead atoms. The molecule has 0 spiro atoms. The lowest BCUT2D eigenvalue weighted by molar-refractivity contribution is 0.0674. The van der Waals surface area contributed by atoms with Gasteiger partial charge in [0, 0.05) is 23.9 Å². The van der Waals surface area contributed by atoms with Gasteiger partial charge in [-0.3, -0.25) is 0 Å². The van der Waals surface area contributed by atoms with E-state index in [0.717, 1.165) is 23.3 Å². The van der Waals surface area contributed by atoms with Gasteiger partial charge in [-0.1, -0.05) is 6.92 Å². The molecule has 0 amide bonds. The quantitative estimate of drug-likeness (QED) is 0.829. The molecule has 3 aliphatic heterocycles. The molecule has 3 saturated heterocycles. The van der Waals surface area contributed by atoms with Crippen molar-refractivity contribution in [3.63, 3.8) is 0 Å². The number of rotatable bonds is 4. The first-order chi connectivity index (χ1) is 8.35. The topological polar surface area (TPSA) is 15.3 Å². The largest absolute Gasteiger partial charge is 0.310 e. The van der Waals surface area contributed by atoms with Crippen molar-refractivity contribution < 1.29 is 0 Å².